The van der Waals surface area contributed by atoms with Crippen molar-refractivity contribution in [3.05, 3.63) is 30.3 Å². The van der Waals surface area contributed by atoms with Crippen LogP contribution < -0.4 is 4.74 Å². The summed E-state index contributed by atoms with van der Waals surface area (Å²) in [6.07, 6.45) is 0. The molecule has 0 saturated carbocycles. The van der Waals surface area contributed by atoms with Gasteiger partial charge in [0, 0.05) is 19.8 Å². The third-order valence-electron chi connectivity index (χ3n) is 2.64. The molecule has 0 N–H and O–H groups in total. The smallest absolute Gasteiger partial charge is 0.790 e. The summed E-state index contributed by atoms with van der Waals surface area (Å²) in [6.45, 7) is 7.52. The van der Waals surface area contributed by atoms with E-state index in [4.69, 9.17) is 36.3 Å². The Hall–Kier alpha value is 0.183. The average Bonchev–Trinajstić information content (AvgIpc) is 2.66. The molecular formula is C18H30O5S2Zn. The summed E-state index contributed by atoms with van der Waals surface area (Å²) < 4.78 is 26.2. The van der Waals surface area contributed by atoms with Gasteiger partial charge in [0.05, 0.1) is 33.0 Å². The molecule has 0 aromatic heterocycles. The first-order chi connectivity index (χ1) is 12.3. The molecule has 0 spiro atoms. The first-order valence-corrected chi connectivity index (χ1v) is 9.65. The average molecular weight is 456 g/mol. The predicted molar refractivity (Wildman–Crippen MR) is 105 cm³/mol. The number of ether oxygens (including phenoxy) is 5. The van der Waals surface area contributed by atoms with Gasteiger partial charge < -0.3 is 48.9 Å². The third kappa shape index (κ3) is 22.2. The summed E-state index contributed by atoms with van der Waals surface area (Å²) in [6, 6.07) is 9.69. The van der Waals surface area contributed by atoms with Crippen molar-refractivity contribution in [2.75, 3.05) is 71.0 Å². The fraction of sp³-hybridized carbons (Fsp3) is 0.667. The van der Waals surface area contributed by atoms with Crippen LogP contribution in [-0.2, 0) is 63.7 Å². The molecule has 0 aliphatic rings. The van der Waals surface area contributed by atoms with Crippen molar-refractivity contribution in [1.82, 2.24) is 0 Å². The van der Waals surface area contributed by atoms with Gasteiger partial charge in [-0.1, -0.05) is 18.2 Å². The Bertz CT molecular complexity index is 357. The van der Waals surface area contributed by atoms with E-state index in [2.05, 4.69) is 12.6 Å². The van der Waals surface area contributed by atoms with Gasteiger partial charge in [0.1, 0.15) is 12.4 Å². The van der Waals surface area contributed by atoms with Crippen molar-refractivity contribution < 1.29 is 43.2 Å². The number of benzene rings is 1. The second kappa shape index (κ2) is 25.2. The first kappa shape index (κ1) is 28.4. The van der Waals surface area contributed by atoms with Crippen LogP contribution in [0.5, 0.6) is 5.75 Å². The van der Waals surface area contributed by atoms with Gasteiger partial charge in [-0.05, 0) is 19.1 Å². The van der Waals surface area contributed by atoms with E-state index in [1.54, 1.807) is 0 Å². The molecule has 8 heteroatoms. The molecule has 146 valence electrons. The maximum Gasteiger partial charge on any atom is 2.00 e. The summed E-state index contributed by atoms with van der Waals surface area (Å²) in [5.41, 5.74) is 0. The Morgan fingerprint density at radius 3 is 1.58 bits per heavy atom. The van der Waals surface area contributed by atoms with Gasteiger partial charge >= 0.3 is 19.5 Å². The van der Waals surface area contributed by atoms with Gasteiger partial charge in [0.25, 0.3) is 0 Å². The van der Waals surface area contributed by atoms with Crippen LogP contribution in [0.15, 0.2) is 30.3 Å². The normalized spacial score (nSPS) is 9.81. The fourth-order valence-corrected chi connectivity index (χ4v) is 1.77. The van der Waals surface area contributed by atoms with E-state index in [-0.39, 0.29) is 19.5 Å². The molecule has 0 bridgehead atoms. The summed E-state index contributed by atoms with van der Waals surface area (Å²) in [5, 5.41) is 0. The minimum absolute atomic E-state index is 0. The molecule has 1 aromatic carbocycles. The number of para-hydroxylation sites is 1. The second-order valence-electron chi connectivity index (χ2n) is 4.60. The van der Waals surface area contributed by atoms with Crippen molar-refractivity contribution in [3.8, 4) is 5.75 Å². The fourth-order valence-electron chi connectivity index (χ4n) is 1.54. The van der Waals surface area contributed by atoms with Crippen molar-refractivity contribution in [3.63, 3.8) is 0 Å². The van der Waals surface area contributed by atoms with Gasteiger partial charge in [0.15, 0.2) is 0 Å². The zero-order valence-corrected chi connectivity index (χ0v) is 20.3. The van der Waals surface area contributed by atoms with Crippen LogP contribution in [0.1, 0.15) is 6.92 Å². The molecule has 0 saturated heterocycles. The van der Waals surface area contributed by atoms with E-state index >= 15 is 0 Å². The van der Waals surface area contributed by atoms with E-state index in [9.17, 15) is 0 Å². The quantitative estimate of drug-likeness (QED) is 0.228. The molecular weight excluding hydrogens is 426 g/mol. The molecule has 1 aromatic rings. The van der Waals surface area contributed by atoms with Crippen LogP contribution >= 0.6 is 0 Å². The molecule has 0 amide bonds. The summed E-state index contributed by atoms with van der Waals surface area (Å²) in [5.74, 6) is 2.21. The van der Waals surface area contributed by atoms with Gasteiger partial charge in [-0.3, -0.25) is 0 Å². The summed E-state index contributed by atoms with van der Waals surface area (Å²) >= 11 is 9.34. The van der Waals surface area contributed by atoms with E-state index in [0.717, 1.165) is 19.0 Å². The van der Waals surface area contributed by atoms with Crippen LogP contribution in [0, 0.1) is 0 Å². The number of hydrogen-bond donors (Lipinski definition) is 0. The Labute approximate surface area is 182 Å². The van der Waals surface area contributed by atoms with Gasteiger partial charge in [-0.15, -0.1) is 0 Å². The summed E-state index contributed by atoms with van der Waals surface area (Å²) in [7, 11) is 0. The largest absolute Gasteiger partial charge is 2.00 e. The molecule has 0 atom stereocenters. The molecule has 0 fully saturated rings. The SMILES string of the molecule is CCOCC[S-].[S-]CCOCCOCCOCCOc1ccccc1.[Zn+2]. The zero-order chi connectivity index (χ0) is 18.4. The van der Waals surface area contributed by atoms with E-state index in [0.29, 0.717) is 57.8 Å². The maximum atomic E-state index is 5.48. The molecule has 0 aliphatic carbocycles. The minimum atomic E-state index is 0. The second-order valence-corrected chi connectivity index (χ2v) is 5.42. The standard InChI is InChI=1S/C14H22O4S.C4H10OS.Zn/c19-13-12-17-9-8-15-6-7-16-10-11-18-14-4-2-1-3-5-14;1-2-5-3-4-6;/h1-5,19H,6-13H2;6H,2-4H2,1H3;/q;;+2/p-2. The van der Waals surface area contributed by atoms with Crippen LogP contribution in [-0.4, -0.2) is 71.0 Å². The summed E-state index contributed by atoms with van der Waals surface area (Å²) in [4.78, 5) is 0. The van der Waals surface area contributed by atoms with Gasteiger partial charge in [-0.25, -0.2) is 0 Å². The van der Waals surface area contributed by atoms with Crippen LogP contribution in [0.3, 0.4) is 0 Å². The van der Waals surface area contributed by atoms with Gasteiger partial charge in [-0.2, -0.15) is 11.5 Å². The minimum Gasteiger partial charge on any atom is -0.790 e. The van der Waals surface area contributed by atoms with Gasteiger partial charge in [0.2, 0.25) is 0 Å². The van der Waals surface area contributed by atoms with E-state index in [1.807, 2.05) is 37.3 Å². The first-order valence-electron chi connectivity index (χ1n) is 8.50. The molecule has 0 unspecified atom stereocenters. The van der Waals surface area contributed by atoms with Crippen molar-refractivity contribution in [2.24, 2.45) is 0 Å². The van der Waals surface area contributed by atoms with Crippen LogP contribution in [0.2, 0.25) is 0 Å². The van der Waals surface area contributed by atoms with Crippen molar-refractivity contribution in [2.45, 2.75) is 6.92 Å². The molecule has 0 aliphatic heterocycles. The van der Waals surface area contributed by atoms with Crippen molar-refractivity contribution in [1.29, 1.82) is 0 Å². The van der Waals surface area contributed by atoms with E-state index < -0.39 is 0 Å². The Morgan fingerprint density at radius 2 is 1.12 bits per heavy atom. The molecule has 0 heterocycles. The number of hydrogen-bond acceptors (Lipinski definition) is 7. The predicted octanol–water partition coefficient (Wildman–Crippen LogP) is 2.23. The molecule has 5 nitrogen and oxygen atoms in total. The maximum absolute atomic E-state index is 5.48. The van der Waals surface area contributed by atoms with Crippen LogP contribution in [0.4, 0.5) is 0 Å². The molecule has 26 heavy (non-hydrogen) atoms. The zero-order valence-electron chi connectivity index (χ0n) is 15.7. The molecule has 1 rings (SSSR count). The van der Waals surface area contributed by atoms with Crippen LogP contribution in [0.25, 0.3) is 0 Å². The Morgan fingerprint density at radius 1 is 0.654 bits per heavy atom. The van der Waals surface area contributed by atoms with Crippen molar-refractivity contribution >= 4 is 25.3 Å². The van der Waals surface area contributed by atoms with E-state index in [1.165, 1.54) is 0 Å². The number of rotatable bonds is 15. The Kier molecular flexibility index (Phi) is 27.5. The topological polar surface area (TPSA) is 46.2 Å². The Balaban J connectivity index is 0. The third-order valence-corrected chi connectivity index (χ3v) is 2.98. The monoisotopic (exact) mass is 454 g/mol. The molecule has 0 radical (unpaired) electrons.